The van der Waals surface area contributed by atoms with E-state index >= 15 is 0 Å². The van der Waals surface area contributed by atoms with Gasteiger partial charge in [-0.2, -0.15) is 0 Å². The van der Waals surface area contributed by atoms with E-state index in [2.05, 4.69) is 27.7 Å². The lowest BCUT2D eigenvalue weighted by Crippen LogP contribution is -2.30. The van der Waals surface area contributed by atoms with Crippen molar-refractivity contribution in [2.75, 3.05) is 13.2 Å². The van der Waals surface area contributed by atoms with Gasteiger partial charge in [-0.1, -0.05) is 58.4 Å². The summed E-state index contributed by atoms with van der Waals surface area (Å²) in [5.74, 6) is -0.472. The standard InChI is InChI=1S/C28H33NO4/c1-5-6-15-29-24(18-9-12-21(13-10-18)28(2,3)4)23(26(31)27(29)32)25(30)20-11-14-22-19(17-20)8-7-16-33-22/h9-14,17,24,30H,5-8,15-16H2,1-4H3/b25-23-. The number of carbonyl (C=O) groups excluding carboxylic acids is 2. The molecule has 33 heavy (non-hydrogen) atoms. The summed E-state index contributed by atoms with van der Waals surface area (Å²) in [7, 11) is 0. The van der Waals surface area contributed by atoms with E-state index in [9.17, 15) is 14.7 Å². The second kappa shape index (κ2) is 9.05. The Kier molecular flexibility index (Phi) is 6.33. The first-order valence-corrected chi connectivity index (χ1v) is 11.9. The lowest BCUT2D eigenvalue weighted by Gasteiger charge is -2.26. The van der Waals surface area contributed by atoms with Crippen LogP contribution in [0.3, 0.4) is 0 Å². The fourth-order valence-electron chi connectivity index (χ4n) is 4.61. The van der Waals surface area contributed by atoms with Gasteiger partial charge < -0.3 is 14.7 Å². The van der Waals surface area contributed by atoms with Crippen molar-refractivity contribution in [2.45, 2.75) is 64.8 Å². The van der Waals surface area contributed by atoms with Crippen LogP contribution in [0.5, 0.6) is 5.75 Å². The van der Waals surface area contributed by atoms with Crippen molar-refractivity contribution < 1.29 is 19.4 Å². The van der Waals surface area contributed by atoms with Crippen molar-refractivity contribution in [1.82, 2.24) is 4.90 Å². The van der Waals surface area contributed by atoms with Crippen molar-refractivity contribution in [2.24, 2.45) is 0 Å². The van der Waals surface area contributed by atoms with Gasteiger partial charge in [0.05, 0.1) is 18.2 Å². The number of amides is 1. The van der Waals surface area contributed by atoms with E-state index in [1.807, 2.05) is 36.4 Å². The number of nitrogens with zero attached hydrogens (tertiary/aromatic N) is 1. The van der Waals surface area contributed by atoms with Gasteiger partial charge in [-0.3, -0.25) is 9.59 Å². The van der Waals surface area contributed by atoms with Gasteiger partial charge in [0, 0.05) is 12.1 Å². The highest BCUT2D eigenvalue weighted by atomic mass is 16.5. The van der Waals surface area contributed by atoms with Crippen LogP contribution in [0.4, 0.5) is 0 Å². The minimum atomic E-state index is -0.623. The molecule has 5 heteroatoms. The maximum atomic E-state index is 13.2. The molecule has 2 heterocycles. The van der Waals surface area contributed by atoms with Gasteiger partial charge in [0.1, 0.15) is 11.5 Å². The molecule has 2 aliphatic rings. The quantitative estimate of drug-likeness (QED) is 0.372. The molecule has 2 aromatic rings. The minimum Gasteiger partial charge on any atom is -0.507 e. The second-order valence-corrected chi connectivity index (χ2v) is 9.99. The number of hydrogen-bond donors (Lipinski definition) is 1. The van der Waals surface area contributed by atoms with Crippen LogP contribution in [0.1, 0.15) is 75.3 Å². The number of rotatable bonds is 5. The average molecular weight is 448 g/mol. The Morgan fingerprint density at radius 3 is 2.52 bits per heavy atom. The van der Waals surface area contributed by atoms with Crippen LogP contribution in [0.2, 0.25) is 0 Å². The van der Waals surface area contributed by atoms with Crippen molar-refractivity contribution in [3.8, 4) is 5.75 Å². The highest BCUT2D eigenvalue weighted by molar-refractivity contribution is 6.46. The molecule has 0 bridgehead atoms. The summed E-state index contributed by atoms with van der Waals surface area (Å²) in [6, 6.07) is 12.9. The van der Waals surface area contributed by atoms with Crippen LogP contribution in [-0.2, 0) is 21.4 Å². The lowest BCUT2D eigenvalue weighted by atomic mass is 9.85. The zero-order chi connectivity index (χ0) is 23.8. The van der Waals surface area contributed by atoms with Gasteiger partial charge in [0.2, 0.25) is 0 Å². The second-order valence-electron chi connectivity index (χ2n) is 9.99. The topological polar surface area (TPSA) is 66.8 Å². The van der Waals surface area contributed by atoms with Gasteiger partial charge in [0.25, 0.3) is 11.7 Å². The number of likely N-dealkylation sites (tertiary alicyclic amines) is 1. The number of Topliss-reactive ketones (excluding diaryl/α,β-unsaturated/α-hetero) is 1. The monoisotopic (exact) mass is 447 g/mol. The molecule has 1 atom stereocenters. The predicted molar refractivity (Wildman–Crippen MR) is 129 cm³/mol. The molecule has 1 N–H and O–H groups in total. The minimum absolute atomic E-state index is 0.00620. The molecule has 0 saturated carbocycles. The number of aryl methyl sites for hydroxylation is 1. The molecule has 2 aliphatic heterocycles. The molecule has 1 amide bonds. The Labute approximate surface area is 196 Å². The van der Waals surface area contributed by atoms with Crippen molar-refractivity contribution in [1.29, 1.82) is 0 Å². The third-order valence-corrected chi connectivity index (χ3v) is 6.57. The van der Waals surface area contributed by atoms with E-state index in [-0.39, 0.29) is 16.7 Å². The normalized spacial score (nSPS) is 20.0. The summed E-state index contributed by atoms with van der Waals surface area (Å²) < 4.78 is 5.69. The van der Waals surface area contributed by atoms with Crippen molar-refractivity contribution in [3.63, 3.8) is 0 Å². The number of hydrogen-bond acceptors (Lipinski definition) is 4. The molecule has 0 aromatic heterocycles. The van der Waals surface area contributed by atoms with Crippen molar-refractivity contribution in [3.05, 3.63) is 70.3 Å². The Balaban J connectivity index is 1.81. The lowest BCUT2D eigenvalue weighted by molar-refractivity contribution is -0.139. The molecule has 2 aromatic carbocycles. The predicted octanol–water partition coefficient (Wildman–Crippen LogP) is 5.53. The molecule has 0 radical (unpaired) electrons. The largest absolute Gasteiger partial charge is 0.507 e. The maximum absolute atomic E-state index is 13.2. The summed E-state index contributed by atoms with van der Waals surface area (Å²) in [5, 5.41) is 11.3. The van der Waals surface area contributed by atoms with E-state index < -0.39 is 17.7 Å². The molecule has 5 nitrogen and oxygen atoms in total. The van der Waals surface area contributed by atoms with E-state index in [0.29, 0.717) is 18.7 Å². The van der Waals surface area contributed by atoms with Gasteiger partial charge in [-0.25, -0.2) is 0 Å². The van der Waals surface area contributed by atoms with E-state index in [0.717, 1.165) is 42.6 Å². The van der Waals surface area contributed by atoms with Gasteiger partial charge in [-0.05, 0) is 59.6 Å². The fraction of sp³-hybridized carbons (Fsp3) is 0.429. The number of ketones is 1. The van der Waals surface area contributed by atoms with Crippen LogP contribution in [0.15, 0.2) is 48.0 Å². The molecule has 1 saturated heterocycles. The van der Waals surface area contributed by atoms with Gasteiger partial charge in [-0.15, -0.1) is 0 Å². The number of ether oxygens (including phenoxy) is 1. The first-order chi connectivity index (χ1) is 15.7. The van der Waals surface area contributed by atoms with Gasteiger partial charge >= 0.3 is 0 Å². The van der Waals surface area contributed by atoms with E-state index in [1.54, 1.807) is 11.0 Å². The molecule has 174 valence electrons. The highest BCUT2D eigenvalue weighted by Gasteiger charge is 2.45. The molecular formula is C28H33NO4. The van der Waals surface area contributed by atoms with Gasteiger partial charge in [0.15, 0.2) is 0 Å². The number of carbonyl (C=O) groups is 2. The fourth-order valence-corrected chi connectivity index (χ4v) is 4.61. The number of aliphatic hydroxyl groups is 1. The molecule has 0 aliphatic carbocycles. The number of benzene rings is 2. The van der Waals surface area contributed by atoms with Crippen LogP contribution < -0.4 is 4.74 Å². The zero-order valence-electron chi connectivity index (χ0n) is 20.0. The average Bonchev–Trinajstić information content (AvgIpc) is 3.06. The smallest absolute Gasteiger partial charge is 0.295 e. The summed E-state index contributed by atoms with van der Waals surface area (Å²) in [6.45, 7) is 9.66. The molecule has 0 spiro atoms. The Bertz CT molecular complexity index is 1090. The Hall–Kier alpha value is -3.08. The SMILES string of the molecule is CCCCN1C(=O)C(=O)/C(=C(\O)c2ccc3c(c2)CCCO3)C1c1ccc(C(C)(C)C)cc1. The first kappa shape index (κ1) is 23.1. The van der Waals surface area contributed by atoms with Crippen LogP contribution in [-0.4, -0.2) is 34.8 Å². The number of unbranched alkanes of at least 4 members (excludes halogenated alkanes) is 1. The third-order valence-electron chi connectivity index (χ3n) is 6.57. The zero-order valence-corrected chi connectivity index (χ0v) is 20.0. The summed E-state index contributed by atoms with van der Waals surface area (Å²) in [6.07, 6.45) is 3.47. The Morgan fingerprint density at radius 1 is 1.12 bits per heavy atom. The molecule has 4 rings (SSSR count). The number of aliphatic hydroxyl groups excluding tert-OH is 1. The van der Waals surface area contributed by atoms with Crippen LogP contribution in [0, 0.1) is 0 Å². The third kappa shape index (κ3) is 4.41. The number of fused-ring (bicyclic) bond motifs is 1. The van der Waals surface area contributed by atoms with Crippen LogP contribution >= 0.6 is 0 Å². The molecule has 1 unspecified atom stereocenters. The maximum Gasteiger partial charge on any atom is 0.295 e. The Morgan fingerprint density at radius 2 is 1.85 bits per heavy atom. The molecular weight excluding hydrogens is 414 g/mol. The van der Waals surface area contributed by atoms with E-state index in [4.69, 9.17) is 4.74 Å². The summed E-state index contributed by atoms with van der Waals surface area (Å²) in [4.78, 5) is 27.8. The molecule has 1 fully saturated rings. The highest BCUT2D eigenvalue weighted by Crippen LogP contribution is 2.41. The van der Waals surface area contributed by atoms with E-state index in [1.165, 1.54) is 5.56 Å². The van der Waals surface area contributed by atoms with Crippen molar-refractivity contribution >= 4 is 17.4 Å². The summed E-state index contributed by atoms with van der Waals surface area (Å²) in [5.41, 5.74) is 3.72. The summed E-state index contributed by atoms with van der Waals surface area (Å²) >= 11 is 0. The first-order valence-electron chi connectivity index (χ1n) is 11.9. The van der Waals surface area contributed by atoms with Crippen LogP contribution in [0.25, 0.3) is 5.76 Å².